The topological polar surface area (TPSA) is 95.7 Å². The summed E-state index contributed by atoms with van der Waals surface area (Å²) in [7, 11) is 0. The highest BCUT2D eigenvalue weighted by Gasteiger charge is 2.30. The van der Waals surface area contributed by atoms with Gasteiger partial charge in [0.25, 0.3) is 11.6 Å². The number of amides is 1. The van der Waals surface area contributed by atoms with Crippen LogP contribution in [0, 0.1) is 10.1 Å². The Labute approximate surface area is 142 Å². The van der Waals surface area contributed by atoms with Crippen molar-refractivity contribution in [2.45, 2.75) is 13.8 Å². The van der Waals surface area contributed by atoms with Crippen LogP contribution in [0.4, 0.5) is 5.69 Å². The van der Waals surface area contributed by atoms with E-state index in [4.69, 9.17) is 17.0 Å². The maximum atomic E-state index is 12.3. The summed E-state index contributed by atoms with van der Waals surface area (Å²) in [5.74, 6) is -0.926. The molecule has 1 aromatic carbocycles. The second-order valence-corrected chi connectivity index (χ2v) is 6.15. The van der Waals surface area contributed by atoms with Crippen molar-refractivity contribution in [2.24, 2.45) is 0 Å². The number of likely N-dealkylation sites (N-methyl/N-ethyl adjacent to an activating group) is 1. The zero-order valence-corrected chi connectivity index (χ0v) is 14.0. The number of carbonyl (C=O) groups excluding carboxylic acids is 1. The molecule has 0 saturated carbocycles. The molecular weight excluding hydrogens is 340 g/mol. The van der Waals surface area contributed by atoms with E-state index >= 15 is 0 Å². The molecule has 7 nitrogen and oxygen atoms in total. The molecule has 1 aliphatic rings. The molecule has 9 heteroatoms. The molecule has 0 atom stereocenters. The Bertz CT molecular complexity index is 717. The van der Waals surface area contributed by atoms with Crippen LogP contribution in [-0.2, 0) is 4.79 Å². The van der Waals surface area contributed by atoms with E-state index in [-0.39, 0.29) is 34.4 Å². The molecule has 0 unspecified atom stereocenters. The quantitative estimate of drug-likeness (QED) is 0.347. The molecular formula is C14H13N2O5S2-. The third-order valence-corrected chi connectivity index (χ3v) is 4.43. The van der Waals surface area contributed by atoms with E-state index in [2.05, 4.69) is 0 Å². The molecule has 0 spiro atoms. The lowest BCUT2D eigenvalue weighted by molar-refractivity contribution is -0.385. The van der Waals surface area contributed by atoms with Gasteiger partial charge in [0.2, 0.25) is 0 Å². The smallest absolute Gasteiger partial charge is 0.273 e. The van der Waals surface area contributed by atoms with Crippen LogP contribution >= 0.6 is 24.0 Å². The van der Waals surface area contributed by atoms with Gasteiger partial charge in [0.1, 0.15) is 10.1 Å². The minimum absolute atomic E-state index is 0.0271. The lowest BCUT2D eigenvalue weighted by Gasteiger charge is -2.17. The summed E-state index contributed by atoms with van der Waals surface area (Å²) in [6.45, 7) is 4.08. The summed E-state index contributed by atoms with van der Waals surface area (Å²) in [5.41, 5.74) is -0.246. The van der Waals surface area contributed by atoms with Crippen LogP contribution < -0.4 is 9.84 Å². The number of ether oxygens (including phenoxy) is 1. The van der Waals surface area contributed by atoms with Crippen molar-refractivity contribution in [1.29, 1.82) is 0 Å². The molecule has 2 rings (SSSR count). The van der Waals surface area contributed by atoms with E-state index in [0.29, 0.717) is 10.9 Å². The first-order valence-electron chi connectivity index (χ1n) is 6.76. The summed E-state index contributed by atoms with van der Waals surface area (Å²) >= 11 is 6.16. The van der Waals surface area contributed by atoms with Crippen molar-refractivity contribution in [1.82, 2.24) is 4.90 Å². The van der Waals surface area contributed by atoms with E-state index in [1.807, 2.05) is 0 Å². The fourth-order valence-electron chi connectivity index (χ4n) is 2.00. The summed E-state index contributed by atoms with van der Waals surface area (Å²) in [6.07, 6.45) is 1.33. The van der Waals surface area contributed by atoms with Crippen LogP contribution in [0.1, 0.15) is 19.4 Å². The monoisotopic (exact) mass is 353 g/mol. The van der Waals surface area contributed by atoms with Crippen molar-refractivity contribution >= 4 is 46.0 Å². The Morgan fingerprint density at radius 2 is 2.13 bits per heavy atom. The van der Waals surface area contributed by atoms with E-state index in [1.54, 1.807) is 13.8 Å². The number of benzene rings is 1. The summed E-state index contributed by atoms with van der Waals surface area (Å²) in [4.78, 5) is 24.2. The number of hydrogen-bond acceptors (Lipinski definition) is 7. The molecule has 0 aromatic heterocycles. The van der Waals surface area contributed by atoms with Crippen LogP contribution in [0.5, 0.6) is 11.5 Å². The third kappa shape index (κ3) is 3.45. The Morgan fingerprint density at radius 3 is 2.65 bits per heavy atom. The van der Waals surface area contributed by atoms with Gasteiger partial charge < -0.3 is 9.84 Å². The van der Waals surface area contributed by atoms with Gasteiger partial charge in [-0.2, -0.15) is 0 Å². The van der Waals surface area contributed by atoms with Gasteiger partial charge in [0.15, 0.2) is 0 Å². The highest BCUT2D eigenvalue weighted by molar-refractivity contribution is 8.26. The molecule has 0 aliphatic carbocycles. The fourth-order valence-corrected chi connectivity index (χ4v) is 3.37. The van der Waals surface area contributed by atoms with Crippen LogP contribution in [0.25, 0.3) is 6.08 Å². The van der Waals surface area contributed by atoms with Gasteiger partial charge in [-0.15, -0.1) is 0 Å². The first kappa shape index (κ1) is 17.2. The Hall–Kier alpha value is -2.13. The number of thioether (sulfide) groups is 1. The molecule has 0 radical (unpaired) electrons. The number of thiocarbonyl (C=S) groups is 1. The average molecular weight is 353 g/mol. The summed E-state index contributed by atoms with van der Waals surface area (Å²) in [5, 5.41) is 23.3. The lowest BCUT2D eigenvalue weighted by Crippen LogP contribution is -2.27. The zero-order chi connectivity index (χ0) is 17.1. The second kappa shape index (κ2) is 6.97. The minimum atomic E-state index is -0.615. The van der Waals surface area contributed by atoms with Crippen molar-refractivity contribution in [3.8, 4) is 11.5 Å². The third-order valence-electron chi connectivity index (χ3n) is 3.06. The van der Waals surface area contributed by atoms with Gasteiger partial charge >= 0.3 is 0 Å². The van der Waals surface area contributed by atoms with Gasteiger partial charge in [-0.3, -0.25) is 19.8 Å². The van der Waals surface area contributed by atoms with Gasteiger partial charge in [-0.05, 0) is 25.5 Å². The molecule has 1 saturated heterocycles. The Balaban J connectivity index is 2.51. The van der Waals surface area contributed by atoms with E-state index in [0.717, 1.165) is 23.9 Å². The molecule has 0 N–H and O–H groups in total. The van der Waals surface area contributed by atoms with Crippen LogP contribution in [0.15, 0.2) is 17.0 Å². The minimum Gasteiger partial charge on any atom is -0.870 e. The molecule has 1 fully saturated rings. The number of nitrogens with zero attached hydrogens (tertiary/aromatic N) is 2. The maximum Gasteiger partial charge on any atom is 0.273 e. The lowest BCUT2D eigenvalue weighted by atomic mass is 10.1. The van der Waals surface area contributed by atoms with Gasteiger partial charge in [-0.1, -0.05) is 29.7 Å². The van der Waals surface area contributed by atoms with Crippen LogP contribution in [0.2, 0.25) is 0 Å². The molecule has 122 valence electrons. The standard InChI is InChI=1S/C14H14N2O5S2/c1-3-15-13(18)11(23-14(15)22)6-8-5-9(16(19)20)7-10(12(8)17)21-4-2/h5-7,17H,3-4H2,1-2H3/p-1/b11-6-. The first-order valence-corrected chi connectivity index (χ1v) is 7.99. The maximum absolute atomic E-state index is 12.3. The van der Waals surface area contributed by atoms with E-state index < -0.39 is 10.7 Å². The largest absolute Gasteiger partial charge is 0.870 e. The predicted molar refractivity (Wildman–Crippen MR) is 89.3 cm³/mol. The molecule has 23 heavy (non-hydrogen) atoms. The number of nitro benzene ring substituents is 1. The van der Waals surface area contributed by atoms with Crippen LogP contribution in [-0.4, -0.2) is 33.2 Å². The molecule has 1 aliphatic heterocycles. The predicted octanol–water partition coefficient (Wildman–Crippen LogP) is 2.29. The van der Waals surface area contributed by atoms with Crippen molar-refractivity contribution < 1.29 is 19.6 Å². The van der Waals surface area contributed by atoms with Crippen molar-refractivity contribution in [2.75, 3.05) is 13.2 Å². The van der Waals surface area contributed by atoms with Gasteiger partial charge in [0, 0.05) is 12.6 Å². The van der Waals surface area contributed by atoms with Crippen molar-refractivity contribution in [3.63, 3.8) is 0 Å². The first-order chi connectivity index (χ1) is 10.9. The van der Waals surface area contributed by atoms with Crippen molar-refractivity contribution in [3.05, 3.63) is 32.7 Å². The Kier molecular flexibility index (Phi) is 5.22. The van der Waals surface area contributed by atoms with Crippen LogP contribution in [0.3, 0.4) is 0 Å². The second-order valence-electron chi connectivity index (χ2n) is 4.48. The Morgan fingerprint density at radius 1 is 1.43 bits per heavy atom. The SMILES string of the molecule is CCOc1cc([N+](=O)[O-])cc(/C=C2\SC(=S)N(CC)C2=O)c1[O-]. The zero-order valence-electron chi connectivity index (χ0n) is 12.4. The van der Waals surface area contributed by atoms with Gasteiger partial charge in [0.05, 0.1) is 22.5 Å². The normalized spacial score (nSPS) is 16.3. The number of nitro groups is 1. The average Bonchev–Trinajstić information content (AvgIpc) is 2.76. The van der Waals surface area contributed by atoms with E-state index in [1.165, 1.54) is 11.0 Å². The highest BCUT2D eigenvalue weighted by Crippen LogP contribution is 2.37. The number of non-ortho nitro benzene ring substituents is 1. The molecule has 1 aromatic rings. The number of carbonyl (C=O) groups is 1. The number of hydrogen-bond donors (Lipinski definition) is 0. The fraction of sp³-hybridized carbons (Fsp3) is 0.286. The number of rotatable bonds is 5. The molecule has 1 amide bonds. The molecule has 0 bridgehead atoms. The highest BCUT2D eigenvalue weighted by atomic mass is 32.2. The van der Waals surface area contributed by atoms with Gasteiger partial charge in [-0.25, -0.2) is 0 Å². The summed E-state index contributed by atoms with van der Waals surface area (Å²) < 4.78 is 5.54. The van der Waals surface area contributed by atoms with E-state index in [9.17, 15) is 20.0 Å². The molecule has 1 heterocycles. The summed E-state index contributed by atoms with van der Waals surface area (Å²) in [6, 6.07) is 2.21.